The van der Waals surface area contributed by atoms with E-state index in [1.165, 1.54) is 0 Å². The summed E-state index contributed by atoms with van der Waals surface area (Å²) in [6, 6.07) is 1.81. The Bertz CT molecular complexity index is 198. The molecule has 0 radical (unpaired) electrons. The maximum absolute atomic E-state index is 8.69. The first-order chi connectivity index (χ1) is 4.34. The predicted molar refractivity (Wildman–Crippen MR) is 34.9 cm³/mol. The molecule has 0 bridgehead atoms. The molecule has 0 atom stereocenters. The van der Waals surface area contributed by atoms with Gasteiger partial charge in [0.05, 0.1) is 6.61 Å². The molecule has 0 fully saturated rings. The van der Waals surface area contributed by atoms with Gasteiger partial charge in [-0.15, -0.1) is 0 Å². The topological polar surface area (TPSA) is 33.1 Å². The summed E-state index contributed by atoms with van der Waals surface area (Å²) in [5.74, 6) is 0. The van der Waals surface area contributed by atoms with Crippen molar-refractivity contribution < 1.29 is 5.11 Å². The lowest BCUT2D eigenvalue weighted by atomic mass is 10.2. The summed E-state index contributed by atoms with van der Waals surface area (Å²) in [7, 11) is 0. The molecule has 0 saturated carbocycles. The molecule has 0 spiro atoms. The first kappa shape index (κ1) is 6.23. The van der Waals surface area contributed by atoms with Gasteiger partial charge in [0.25, 0.3) is 0 Å². The van der Waals surface area contributed by atoms with Crippen LogP contribution in [-0.4, -0.2) is 10.1 Å². The second-order valence-corrected chi connectivity index (χ2v) is 1.96. The van der Waals surface area contributed by atoms with Gasteiger partial charge in [-0.25, -0.2) is 0 Å². The maximum Gasteiger partial charge on any atom is 0.0685 e. The monoisotopic (exact) mass is 123 g/mol. The minimum Gasteiger partial charge on any atom is -0.392 e. The third-order valence-electron chi connectivity index (χ3n) is 1.31. The fourth-order valence-electron chi connectivity index (χ4n) is 0.680. The molecule has 1 N–H and O–H groups in total. The highest BCUT2D eigenvalue weighted by Crippen LogP contribution is 2.02. The van der Waals surface area contributed by atoms with E-state index in [0.29, 0.717) is 0 Å². The van der Waals surface area contributed by atoms with Gasteiger partial charge >= 0.3 is 0 Å². The number of aryl methyl sites for hydroxylation is 1. The summed E-state index contributed by atoms with van der Waals surface area (Å²) in [5.41, 5.74) is 1.99. The van der Waals surface area contributed by atoms with Crippen molar-refractivity contribution in [3.8, 4) is 0 Å². The summed E-state index contributed by atoms with van der Waals surface area (Å²) in [6.45, 7) is 2.03. The van der Waals surface area contributed by atoms with Crippen LogP contribution >= 0.6 is 0 Å². The number of hydrogen-bond donors (Lipinski definition) is 1. The molecular formula is C7H9NO. The minimum absolute atomic E-state index is 0.106. The van der Waals surface area contributed by atoms with E-state index >= 15 is 0 Å². The first-order valence-electron chi connectivity index (χ1n) is 2.85. The van der Waals surface area contributed by atoms with Gasteiger partial charge < -0.3 is 5.11 Å². The molecule has 0 aliphatic carbocycles. The molecule has 0 aromatic carbocycles. The average molecular weight is 123 g/mol. The lowest BCUT2D eigenvalue weighted by molar-refractivity contribution is 0.281. The largest absolute Gasteiger partial charge is 0.392 e. The van der Waals surface area contributed by atoms with Crippen molar-refractivity contribution in [2.75, 3.05) is 0 Å². The number of aromatic nitrogens is 1. The van der Waals surface area contributed by atoms with E-state index in [9.17, 15) is 0 Å². The smallest absolute Gasteiger partial charge is 0.0685 e. The van der Waals surface area contributed by atoms with Crippen LogP contribution in [0, 0.1) is 6.92 Å². The minimum atomic E-state index is 0.106. The number of hydrogen-bond acceptors (Lipinski definition) is 2. The molecule has 1 aromatic rings. The van der Waals surface area contributed by atoms with Crippen molar-refractivity contribution in [1.82, 2.24) is 4.98 Å². The molecule has 2 nitrogen and oxygen atoms in total. The van der Waals surface area contributed by atoms with Crippen molar-refractivity contribution in [2.24, 2.45) is 0 Å². The van der Waals surface area contributed by atoms with Crippen LogP contribution in [0.4, 0.5) is 0 Å². The Morgan fingerprint density at radius 1 is 1.67 bits per heavy atom. The van der Waals surface area contributed by atoms with Crippen LogP contribution in [-0.2, 0) is 6.61 Å². The number of nitrogens with zero attached hydrogens (tertiary/aromatic N) is 1. The van der Waals surface area contributed by atoms with Gasteiger partial charge in [0.1, 0.15) is 0 Å². The Hall–Kier alpha value is -0.890. The Balaban J connectivity index is 3.01. The fraction of sp³-hybridized carbons (Fsp3) is 0.286. The third-order valence-corrected chi connectivity index (χ3v) is 1.31. The van der Waals surface area contributed by atoms with Gasteiger partial charge in [-0.3, -0.25) is 4.98 Å². The lowest BCUT2D eigenvalue weighted by Crippen LogP contribution is -1.87. The highest BCUT2D eigenvalue weighted by Gasteiger charge is 1.91. The summed E-state index contributed by atoms with van der Waals surface area (Å²) in [6.07, 6.45) is 3.42. The zero-order chi connectivity index (χ0) is 6.69. The Kier molecular flexibility index (Phi) is 1.80. The molecule has 0 amide bonds. The highest BCUT2D eigenvalue weighted by molar-refractivity contribution is 5.19. The van der Waals surface area contributed by atoms with Crippen molar-refractivity contribution in [2.45, 2.75) is 13.5 Å². The van der Waals surface area contributed by atoms with Crippen molar-refractivity contribution >= 4 is 0 Å². The van der Waals surface area contributed by atoms with Gasteiger partial charge in [-0.1, -0.05) is 0 Å². The van der Waals surface area contributed by atoms with Crippen LogP contribution in [0.5, 0.6) is 0 Å². The van der Waals surface area contributed by atoms with Crippen LogP contribution < -0.4 is 0 Å². The normalized spacial score (nSPS) is 9.56. The molecule has 48 valence electrons. The molecule has 0 aliphatic rings. The Labute approximate surface area is 54.2 Å². The van der Waals surface area contributed by atoms with Crippen LogP contribution in [0.15, 0.2) is 18.5 Å². The van der Waals surface area contributed by atoms with Gasteiger partial charge in [0.15, 0.2) is 0 Å². The van der Waals surface area contributed by atoms with Crippen molar-refractivity contribution in [3.05, 3.63) is 29.6 Å². The van der Waals surface area contributed by atoms with E-state index in [1.807, 2.05) is 13.0 Å². The number of aliphatic hydroxyl groups excluding tert-OH is 1. The molecule has 9 heavy (non-hydrogen) atoms. The van der Waals surface area contributed by atoms with Crippen LogP contribution in [0.2, 0.25) is 0 Å². The van der Waals surface area contributed by atoms with E-state index < -0.39 is 0 Å². The second-order valence-electron chi connectivity index (χ2n) is 1.96. The fourth-order valence-corrected chi connectivity index (χ4v) is 0.680. The summed E-state index contributed by atoms with van der Waals surface area (Å²) in [4.78, 5) is 3.88. The molecule has 1 aromatic heterocycles. The Morgan fingerprint density at radius 3 is 2.89 bits per heavy atom. The first-order valence-corrected chi connectivity index (χ1v) is 2.85. The summed E-state index contributed by atoms with van der Waals surface area (Å²) >= 11 is 0. The molecule has 2 heteroatoms. The number of pyridine rings is 1. The predicted octanol–water partition coefficient (Wildman–Crippen LogP) is 0.882. The van der Waals surface area contributed by atoms with E-state index in [2.05, 4.69) is 4.98 Å². The van der Waals surface area contributed by atoms with Crippen molar-refractivity contribution in [1.29, 1.82) is 0 Å². The highest BCUT2D eigenvalue weighted by atomic mass is 16.3. The van der Waals surface area contributed by atoms with Crippen molar-refractivity contribution in [3.63, 3.8) is 0 Å². The molecule has 0 unspecified atom stereocenters. The number of rotatable bonds is 1. The Morgan fingerprint density at radius 2 is 2.44 bits per heavy atom. The molecule has 1 rings (SSSR count). The van der Waals surface area contributed by atoms with Gasteiger partial charge in [0, 0.05) is 12.4 Å². The second kappa shape index (κ2) is 2.60. The van der Waals surface area contributed by atoms with Crippen LogP contribution in [0.25, 0.3) is 0 Å². The van der Waals surface area contributed by atoms with Crippen LogP contribution in [0.1, 0.15) is 11.1 Å². The van der Waals surface area contributed by atoms with Gasteiger partial charge in [-0.05, 0) is 24.1 Å². The average Bonchev–Trinajstić information content (AvgIpc) is 1.89. The maximum atomic E-state index is 8.69. The van der Waals surface area contributed by atoms with Gasteiger partial charge in [0.2, 0.25) is 0 Å². The molecule has 0 aliphatic heterocycles. The van der Waals surface area contributed by atoms with E-state index in [1.54, 1.807) is 12.4 Å². The zero-order valence-electron chi connectivity index (χ0n) is 5.33. The van der Waals surface area contributed by atoms with E-state index in [0.717, 1.165) is 11.1 Å². The molecule has 1 heterocycles. The molecule has 0 saturated heterocycles. The zero-order valence-corrected chi connectivity index (χ0v) is 5.33. The summed E-state index contributed by atoms with van der Waals surface area (Å²) < 4.78 is 0. The third kappa shape index (κ3) is 1.27. The quantitative estimate of drug-likeness (QED) is 0.601. The summed E-state index contributed by atoms with van der Waals surface area (Å²) in [5, 5.41) is 8.69. The van der Waals surface area contributed by atoms with E-state index in [4.69, 9.17) is 5.11 Å². The SMILES string of the molecule is Cc1cnccc1CO. The van der Waals surface area contributed by atoms with E-state index in [-0.39, 0.29) is 6.61 Å². The van der Waals surface area contributed by atoms with Gasteiger partial charge in [-0.2, -0.15) is 0 Å². The standard InChI is InChI=1S/C7H9NO/c1-6-4-8-3-2-7(6)5-9/h2-4,9H,5H2,1H3. The lowest BCUT2D eigenvalue weighted by Gasteiger charge is -1.97. The molecular weight excluding hydrogens is 114 g/mol. The number of aliphatic hydroxyl groups is 1. The van der Waals surface area contributed by atoms with Crippen LogP contribution in [0.3, 0.4) is 0 Å².